The molecule has 1 aromatic carbocycles. The number of allylic oxidation sites excluding steroid dienone is 1. The van der Waals surface area contributed by atoms with Gasteiger partial charge < -0.3 is 15.9 Å². The van der Waals surface area contributed by atoms with Gasteiger partial charge in [0.1, 0.15) is 5.82 Å². The maximum atomic E-state index is 14.0. The van der Waals surface area contributed by atoms with Gasteiger partial charge in [0.25, 0.3) is 0 Å². The van der Waals surface area contributed by atoms with Crippen LogP contribution in [0.1, 0.15) is 17.5 Å². The minimum Gasteiger partial charge on any atom is -0.494 e. The average molecular weight is 295 g/mol. The van der Waals surface area contributed by atoms with Crippen molar-refractivity contribution in [1.29, 1.82) is 0 Å². The number of nitrogens with two attached hydrogens (primary N) is 1. The third-order valence-corrected chi connectivity index (χ3v) is 3.74. The Morgan fingerprint density at radius 3 is 2.70 bits per heavy atom. The summed E-state index contributed by atoms with van der Waals surface area (Å²) in [5.41, 5.74) is 6.89. The molecule has 1 aliphatic rings. The summed E-state index contributed by atoms with van der Waals surface area (Å²) in [4.78, 5) is 0. The molecule has 4 N–H and O–H groups in total. The monoisotopic (exact) mass is 294 g/mol. The number of benzene rings is 1. The van der Waals surface area contributed by atoms with Crippen LogP contribution >= 0.6 is 11.6 Å². The fourth-order valence-corrected chi connectivity index (χ4v) is 2.57. The molecule has 0 saturated carbocycles. The number of nitrogen functional groups attached to an aromatic ring is 1. The second-order valence-corrected chi connectivity index (χ2v) is 5.05. The van der Waals surface area contributed by atoms with Crippen molar-refractivity contribution in [3.8, 4) is 17.4 Å². The van der Waals surface area contributed by atoms with E-state index in [1.807, 2.05) is 6.08 Å². The molecule has 0 amide bonds. The Morgan fingerprint density at radius 2 is 2.00 bits per heavy atom. The van der Waals surface area contributed by atoms with Gasteiger partial charge in [0.2, 0.25) is 11.8 Å². The number of fused-ring (bicyclic) bond motifs is 1. The molecule has 0 atom stereocenters. The van der Waals surface area contributed by atoms with Gasteiger partial charge >= 0.3 is 0 Å². The SMILES string of the molecule is Nc1cc(-n2c(O)c3c(c2O)CCC=C3)c(F)cc1Cl. The molecule has 0 radical (unpaired) electrons. The number of hydrogen-bond donors (Lipinski definition) is 3. The van der Waals surface area contributed by atoms with Crippen LogP contribution in [0.2, 0.25) is 5.02 Å². The molecule has 6 heteroatoms. The van der Waals surface area contributed by atoms with E-state index in [0.29, 0.717) is 17.5 Å². The zero-order valence-electron chi connectivity index (χ0n) is 10.4. The molecule has 0 aliphatic heterocycles. The summed E-state index contributed by atoms with van der Waals surface area (Å²) in [6, 6.07) is 2.34. The van der Waals surface area contributed by atoms with Gasteiger partial charge in [-0.2, -0.15) is 0 Å². The van der Waals surface area contributed by atoms with E-state index in [0.717, 1.165) is 17.1 Å². The first-order valence-electron chi connectivity index (χ1n) is 6.07. The zero-order chi connectivity index (χ0) is 14.4. The number of aromatic hydroxyl groups is 2. The lowest BCUT2D eigenvalue weighted by atomic mass is 10.0. The van der Waals surface area contributed by atoms with Crippen molar-refractivity contribution in [3.05, 3.63) is 40.2 Å². The first kappa shape index (κ1) is 12.9. The van der Waals surface area contributed by atoms with Crippen LogP contribution in [0.15, 0.2) is 18.2 Å². The lowest BCUT2D eigenvalue weighted by molar-refractivity contribution is 0.397. The molecule has 3 rings (SSSR count). The maximum absolute atomic E-state index is 14.0. The van der Waals surface area contributed by atoms with Crippen molar-refractivity contribution in [3.63, 3.8) is 0 Å². The fourth-order valence-electron chi connectivity index (χ4n) is 2.41. The van der Waals surface area contributed by atoms with Crippen molar-refractivity contribution in [2.45, 2.75) is 12.8 Å². The molecule has 1 heterocycles. The Hall–Kier alpha value is -2.14. The standard InChI is InChI=1S/C14H12ClFN2O2/c15-9-5-10(16)12(6-11(9)17)18-13(19)7-3-1-2-4-8(7)14(18)20/h1,3,5-6,19-20H,2,4,17H2. The molecule has 0 saturated heterocycles. The first-order valence-corrected chi connectivity index (χ1v) is 6.45. The molecular weight excluding hydrogens is 283 g/mol. The van der Waals surface area contributed by atoms with Crippen LogP contribution in [0, 0.1) is 5.82 Å². The van der Waals surface area contributed by atoms with Crippen molar-refractivity contribution in [2.75, 3.05) is 5.73 Å². The van der Waals surface area contributed by atoms with Crippen molar-refractivity contribution in [1.82, 2.24) is 4.57 Å². The third kappa shape index (κ3) is 1.74. The van der Waals surface area contributed by atoms with Gasteiger partial charge in [0.05, 0.1) is 16.4 Å². The normalized spacial score (nSPS) is 13.5. The highest BCUT2D eigenvalue weighted by Crippen LogP contribution is 2.41. The highest BCUT2D eigenvalue weighted by Gasteiger charge is 2.25. The predicted octanol–water partition coefficient (Wildman–Crippen LogP) is 3.22. The van der Waals surface area contributed by atoms with E-state index in [1.165, 1.54) is 6.07 Å². The van der Waals surface area contributed by atoms with Gasteiger partial charge in [-0.15, -0.1) is 0 Å². The van der Waals surface area contributed by atoms with Crippen LogP contribution in [-0.4, -0.2) is 14.8 Å². The van der Waals surface area contributed by atoms with Crippen molar-refractivity contribution < 1.29 is 14.6 Å². The predicted molar refractivity (Wildman–Crippen MR) is 75.8 cm³/mol. The summed E-state index contributed by atoms with van der Waals surface area (Å²) in [5.74, 6) is -1.07. The quantitative estimate of drug-likeness (QED) is 0.707. The number of hydrogen-bond acceptors (Lipinski definition) is 3. The molecule has 2 aromatic rings. The Kier molecular flexibility index (Phi) is 2.87. The zero-order valence-corrected chi connectivity index (χ0v) is 11.2. The average Bonchev–Trinajstić information content (AvgIpc) is 2.68. The van der Waals surface area contributed by atoms with Crippen LogP contribution in [-0.2, 0) is 6.42 Å². The minimum absolute atomic E-state index is 0.0373. The van der Waals surface area contributed by atoms with Gasteiger partial charge in [0.15, 0.2) is 0 Å². The van der Waals surface area contributed by atoms with Gasteiger partial charge in [0, 0.05) is 11.1 Å². The summed E-state index contributed by atoms with van der Waals surface area (Å²) in [7, 11) is 0. The summed E-state index contributed by atoms with van der Waals surface area (Å²) in [6.07, 6.45) is 4.94. The van der Waals surface area contributed by atoms with Crippen LogP contribution in [0.3, 0.4) is 0 Å². The molecule has 4 nitrogen and oxygen atoms in total. The van der Waals surface area contributed by atoms with Crippen LogP contribution in [0.4, 0.5) is 10.1 Å². The second-order valence-electron chi connectivity index (χ2n) is 4.64. The van der Waals surface area contributed by atoms with E-state index in [1.54, 1.807) is 6.08 Å². The number of aromatic nitrogens is 1. The number of anilines is 1. The third-order valence-electron chi connectivity index (χ3n) is 3.41. The topological polar surface area (TPSA) is 71.4 Å². The van der Waals surface area contributed by atoms with Gasteiger partial charge in [-0.05, 0) is 25.0 Å². The largest absolute Gasteiger partial charge is 0.494 e. The fraction of sp³-hybridized carbons (Fsp3) is 0.143. The minimum atomic E-state index is -0.675. The van der Waals surface area contributed by atoms with E-state index in [2.05, 4.69) is 0 Å². The lowest BCUT2D eigenvalue weighted by Crippen LogP contribution is -1.99. The summed E-state index contributed by atoms with van der Waals surface area (Å²) in [6.45, 7) is 0. The molecule has 0 fully saturated rings. The van der Waals surface area contributed by atoms with E-state index < -0.39 is 5.82 Å². The van der Waals surface area contributed by atoms with Crippen LogP contribution in [0.5, 0.6) is 11.8 Å². The highest BCUT2D eigenvalue weighted by molar-refractivity contribution is 6.33. The first-order chi connectivity index (χ1) is 9.50. The van der Waals surface area contributed by atoms with E-state index in [9.17, 15) is 14.6 Å². The molecule has 1 aromatic heterocycles. The molecule has 0 bridgehead atoms. The number of halogens is 2. The smallest absolute Gasteiger partial charge is 0.206 e. The lowest BCUT2D eigenvalue weighted by Gasteiger charge is -2.10. The van der Waals surface area contributed by atoms with Gasteiger partial charge in [-0.1, -0.05) is 23.8 Å². The van der Waals surface area contributed by atoms with Crippen LogP contribution < -0.4 is 5.73 Å². The van der Waals surface area contributed by atoms with Gasteiger partial charge in [-0.3, -0.25) is 0 Å². The summed E-state index contributed by atoms with van der Waals surface area (Å²) >= 11 is 5.74. The molecule has 0 unspecified atom stereocenters. The second kappa shape index (κ2) is 4.45. The Bertz CT molecular complexity index is 738. The molecule has 104 valence electrons. The Morgan fingerprint density at radius 1 is 1.25 bits per heavy atom. The summed E-state index contributed by atoms with van der Waals surface area (Å²) < 4.78 is 15.1. The molecule has 0 spiro atoms. The van der Waals surface area contributed by atoms with Crippen molar-refractivity contribution >= 4 is 23.4 Å². The van der Waals surface area contributed by atoms with Gasteiger partial charge in [-0.25, -0.2) is 8.96 Å². The van der Waals surface area contributed by atoms with E-state index in [-0.39, 0.29) is 28.2 Å². The van der Waals surface area contributed by atoms with E-state index in [4.69, 9.17) is 17.3 Å². The molecular formula is C14H12ClFN2O2. The Labute approximate surface area is 119 Å². The van der Waals surface area contributed by atoms with Crippen LogP contribution in [0.25, 0.3) is 11.8 Å². The maximum Gasteiger partial charge on any atom is 0.206 e. The highest BCUT2D eigenvalue weighted by atomic mass is 35.5. The molecule has 1 aliphatic carbocycles. The summed E-state index contributed by atoms with van der Waals surface area (Å²) in [5, 5.41) is 20.5. The number of nitrogens with zero attached hydrogens (tertiary/aromatic N) is 1. The van der Waals surface area contributed by atoms with Crippen molar-refractivity contribution in [2.24, 2.45) is 0 Å². The van der Waals surface area contributed by atoms with E-state index >= 15 is 0 Å². The molecule has 20 heavy (non-hydrogen) atoms. The number of rotatable bonds is 1. The Balaban J connectivity index is 2.29.